The van der Waals surface area contributed by atoms with Gasteiger partial charge in [-0.3, -0.25) is 9.59 Å². The number of hydrogen-bond acceptors (Lipinski definition) is 3. The smallest absolute Gasteiger partial charge is 0.306 e. The lowest BCUT2D eigenvalue weighted by Gasteiger charge is -2.27. The molecule has 6 heteroatoms. The standard InChI is InChI=1S/C14H16ClNO4/c15-9-4-5-12(17)11(7-9)13(18)16-10-3-1-2-8(6-10)14(19)20/h4-5,7-8,10,17H,1-3,6H2,(H,16,18)(H,19,20). The van der Waals surface area contributed by atoms with Gasteiger partial charge in [-0.2, -0.15) is 0 Å². The zero-order valence-electron chi connectivity index (χ0n) is 10.8. The Balaban J connectivity index is 2.04. The quantitative estimate of drug-likeness (QED) is 0.799. The van der Waals surface area contributed by atoms with Crippen LogP contribution < -0.4 is 5.32 Å². The van der Waals surface area contributed by atoms with Gasteiger partial charge in [-0.15, -0.1) is 0 Å². The third kappa shape index (κ3) is 3.42. The Morgan fingerprint density at radius 2 is 2.05 bits per heavy atom. The first-order valence-corrected chi connectivity index (χ1v) is 6.87. The molecule has 3 N–H and O–H groups in total. The third-order valence-electron chi connectivity index (χ3n) is 3.56. The summed E-state index contributed by atoms with van der Waals surface area (Å²) in [7, 11) is 0. The van der Waals surface area contributed by atoms with Crippen LogP contribution in [0.15, 0.2) is 18.2 Å². The van der Waals surface area contributed by atoms with Crippen LogP contribution in [0.4, 0.5) is 0 Å². The van der Waals surface area contributed by atoms with Crippen molar-refractivity contribution >= 4 is 23.5 Å². The van der Waals surface area contributed by atoms with Gasteiger partial charge in [0.25, 0.3) is 5.91 Å². The summed E-state index contributed by atoms with van der Waals surface area (Å²) in [6.07, 6.45) is 2.58. The Labute approximate surface area is 121 Å². The number of phenolic OH excluding ortho intramolecular Hbond substituents is 1. The molecule has 1 aromatic carbocycles. The molecule has 1 aromatic rings. The van der Waals surface area contributed by atoms with Crippen molar-refractivity contribution in [1.29, 1.82) is 0 Å². The molecule has 1 fully saturated rings. The predicted molar refractivity (Wildman–Crippen MR) is 74.0 cm³/mol. The molecule has 1 amide bonds. The second-order valence-corrected chi connectivity index (χ2v) is 5.47. The van der Waals surface area contributed by atoms with Crippen molar-refractivity contribution in [2.75, 3.05) is 0 Å². The fourth-order valence-electron chi connectivity index (χ4n) is 2.50. The zero-order valence-corrected chi connectivity index (χ0v) is 11.6. The van der Waals surface area contributed by atoms with Gasteiger partial charge in [0.05, 0.1) is 11.5 Å². The molecule has 0 saturated heterocycles. The van der Waals surface area contributed by atoms with Crippen molar-refractivity contribution in [2.24, 2.45) is 5.92 Å². The van der Waals surface area contributed by atoms with Gasteiger partial charge in [-0.1, -0.05) is 18.0 Å². The average molecular weight is 298 g/mol. The highest BCUT2D eigenvalue weighted by atomic mass is 35.5. The maximum atomic E-state index is 12.1. The van der Waals surface area contributed by atoms with Crippen LogP contribution in [0.25, 0.3) is 0 Å². The first-order chi connectivity index (χ1) is 9.47. The largest absolute Gasteiger partial charge is 0.507 e. The number of benzene rings is 1. The molecule has 1 saturated carbocycles. The third-order valence-corrected chi connectivity index (χ3v) is 3.80. The molecule has 108 valence electrons. The second-order valence-electron chi connectivity index (χ2n) is 5.03. The average Bonchev–Trinajstić information content (AvgIpc) is 2.41. The topological polar surface area (TPSA) is 86.6 Å². The summed E-state index contributed by atoms with van der Waals surface area (Å²) in [5, 5.41) is 21.8. The molecular formula is C14H16ClNO4. The van der Waals surface area contributed by atoms with E-state index < -0.39 is 17.8 Å². The Hall–Kier alpha value is -1.75. The van der Waals surface area contributed by atoms with Gasteiger partial charge in [0, 0.05) is 11.1 Å². The summed E-state index contributed by atoms with van der Waals surface area (Å²) in [5.41, 5.74) is 0.106. The Morgan fingerprint density at radius 1 is 1.30 bits per heavy atom. The molecule has 2 unspecified atom stereocenters. The number of carboxylic acids is 1. The monoisotopic (exact) mass is 297 g/mol. The lowest BCUT2D eigenvalue weighted by Crippen LogP contribution is -2.39. The molecule has 20 heavy (non-hydrogen) atoms. The molecule has 0 spiro atoms. The fourth-order valence-corrected chi connectivity index (χ4v) is 2.67. The Bertz CT molecular complexity index is 532. The van der Waals surface area contributed by atoms with E-state index >= 15 is 0 Å². The van der Waals surface area contributed by atoms with Crippen LogP contribution >= 0.6 is 11.6 Å². The van der Waals surface area contributed by atoms with E-state index in [1.165, 1.54) is 18.2 Å². The molecular weight excluding hydrogens is 282 g/mol. The van der Waals surface area contributed by atoms with Crippen molar-refractivity contribution in [3.8, 4) is 5.75 Å². The van der Waals surface area contributed by atoms with Gasteiger partial charge in [-0.25, -0.2) is 0 Å². The van der Waals surface area contributed by atoms with Crippen LogP contribution in [-0.2, 0) is 4.79 Å². The van der Waals surface area contributed by atoms with Crippen LogP contribution in [0.3, 0.4) is 0 Å². The summed E-state index contributed by atoms with van der Waals surface area (Å²) in [6.45, 7) is 0. The number of carbonyl (C=O) groups is 2. The lowest BCUT2D eigenvalue weighted by molar-refractivity contribution is -0.143. The first kappa shape index (κ1) is 14.7. The Kier molecular flexibility index (Phi) is 4.49. The minimum absolute atomic E-state index is 0.106. The van der Waals surface area contributed by atoms with Crippen molar-refractivity contribution in [1.82, 2.24) is 5.32 Å². The van der Waals surface area contributed by atoms with E-state index in [2.05, 4.69) is 5.32 Å². The number of rotatable bonds is 3. The van der Waals surface area contributed by atoms with Crippen molar-refractivity contribution in [2.45, 2.75) is 31.7 Å². The summed E-state index contributed by atoms with van der Waals surface area (Å²) in [5.74, 6) is -1.81. The van der Waals surface area contributed by atoms with Crippen LogP contribution in [0.5, 0.6) is 5.75 Å². The van der Waals surface area contributed by atoms with Crippen molar-refractivity contribution in [3.05, 3.63) is 28.8 Å². The molecule has 0 radical (unpaired) electrons. The van der Waals surface area contributed by atoms with Crippen LogP contribution in [0.2, 0.25) is 5.02 Å². The normalized spacial score (nSPS) is 22.2. The fraction of sp³-hybridized carbons (Fsp3) is 0.429. The van der Waals surface area contributed by atoms with Gasteiger partial charge in [0.15, 0.2) is 0 Å². The van der Waals surface area contributed by atoms with Gasteiger partial charge in [0.1, 0.15) is 5.75 Å². The molecule has 0 aliphatic heterocycles. The number of amides is 1. The van der Waals surface area contributed by atoms with Crippen molar-refractivity contribution < 1.29 is 19.8 Å². The molecule has 0 bridgehead atoms. The van der Waals surface area contributed by atoms with Crippen LogP contribution in [0, 0.1) is 5.92 Å². The number of phenols is 1. The van der Waals surface area contributed by atoms with Gasteiger partial charge >= 0.3 is 5.97 Å². The summed E-state index contributed by atoms with van der Waals surface area (Å²) >= 11 is 5.80. The number of hydrogen-bond donors (Lipinski definition) is 3. The lowest BCUT2D eigenvalue weighted by atomic mass is 9.85. The summed E-state index contributed by atoms with van der Waals surface area (Å²) in [6, 6.07) is 4.06. The second kappa shape index (κ2) is 6.13. The Morgan fingerprint density at radius 3 is 2.75 bits per heavy atom. The van der Waals surface area contributed by atoms with Crippen molar-refractivity contribution in [3.63, 3.8) is 0 Å². The van der Waals surface area contributed by atoms with Crippen LogP contribution in [-0.4, -0.2) is 28.1 Å². The number of aliphatic carboxylic acids is 1. The van der Waals surface area contributed by atoms with E-state index in [0.717, 1.165) is 12.8 Å². The highest BCUT2D eigenvalue weighted by molar-refractivity contribution is 6.31. The van der Waals surface area contributed by atoms with Gasteiger partial charge < -0.3 is 15.5 Å². The predicted octanol–water partition coefficient (Wildman–Crippen LogP) is 2.42. The molecule has 2 atom stereocenters. The molecule has 0 heterocycles. The zero-order chi connectivity index (χ0) is 14.7. The van der Waals surface area contributed by atoms with E-state index in [4.69, 9.17) is 16.7 Å². The number of aromatic hydroxyl groups is 1. The number of carbonyl (C=O) groups excluding carboxylic acids is 1. The molecule has 0 aromatic heterocycles. The summed E-state index contributed by atoms with van der Waals surface area (Å²) in [4.78, 5) is 23.1. The minimum atomic E-state index is -0.824. The SMILES string of the molecule is O=C(NC1CCCC(C(=O)O)C1)c1cc(Cl)ccc1O. The van der Waals surface area contributed by atoms with Gasteiger partial charge in [0.2, 0.25) is 0 Å². The minimum Gasteiger partial charge on any atom is -0.507 e. The highest BCUT2D eigenvalue weighted by Crippen LogP contribution is 2.26. The number of nitrogens with one attached hydrogen (secondary N) is 1. The first-order valence-electron chi connectivity index (χ1n) is 6.49. The van der Waals surface area contributed by atoms with E-state index in [9.17, 15) is 14.7 Å². The maximum absolute atomic E-state index is 12.1. The number of halogens is 1. The highest BCUT2D eigenvalue weighted by Gasteiger charge is 2.28. The van der Waals surface area contributed by atoms with Crippen LogP contribution in [0.1, 0.15) is 36.0 Å². The van der Waals surface area contributed by atoms with Gasteiger partial charge in [-0.05, 0) is 37.5 Å². The number of carboxylic acid groups (broad SMARTS) is 1. The van der Waals surface area contributed by atoms with E-state index in [-0.39, 0.29) is 17.4 Å². The van der Waals surface area contributed by atoms with E-state index in [1.54, 1.807) is 0 Å². The van der Waals surface area contributed by atoms with E-state index in [0.29, 0.717) is 17.9 Å². The molecule has 5 nitrogen and oxygen atoms in total. The maximum Gasteiger partial charge on any atom is 0.306 e. The van der Waals surface area contributed by atoms with E-state index in [1.807, 2.05) is 0 Å². The summed E-state index contributed by atoms with van der Waals surface area (Å²) < 4.78 is 0. The molecule has 2 rings (SSSR count). The molecule has 1 aliphatic carbocycles. The molecule has 1 aliphatic rings.